The highest BCUT2D eigenvalue weighted by Gasteiger charge is 2.14. The highest BCUT2D eigenvalue weighted by molar-refractivity contribution is 9.10. The van der Waals surface area contributed by atoms with E-state index in [1.54, 1.807) is 12.1 Å². The van der Waals surface area contributed by atoms with E-state index in [0.717, 1.165) is 0 Å². The number of hydrogen-bond donors (Lipinski definition) is 2. The Morgan fingerprint density at radius 1 is 1.31 bits per heavy atom. The first-order valence-electron chi connectivity index (χ1n) is 8.26. The maximum Gasteiger partial charge on any atom is 0.266 e. The molecular formula is C19H18BrN3O5S. The molecule has 29 heavy (non-hydrogen) atoms. The Morgan fingerprint density at radius 2 is 1.97 bits per heavy atom. The second-order valence-electron chi connectivity index (χ2n) is 5.66. The van der Waals surface area contributed by atoms with Crippen LogP contribution in [0.4, 0.5) is 5.69 Å². The number of amides is 1. The minimum absolute atomic E-state index is 0.0853. The van der Waals surface area contributed by atoms with Gasteiger partial charge in [-0.15, -0.1) is 0 Å². The van der Waals surface area contributed by atoms with Crippen LogP contribution in [0.25, 0.3) is 6.08 Å². The summed E-state index contributed by atoms with van der Waals surface area (Å²) in [7, 11) is -2.34. The first-order chi connectivity index (χ1) is 13.7. The molecule has 0 bridgehead atoms. The fourth-order valence-corrected chi connectivity index (χ4v) is 3.44. The standard InChI is InChI=1S/C19H18BrN3O5S/c1-3-28-18-16(20)9-12(10-17(18)27-2)8-13(11-21)19(24)23-14-4-6-15(7-5-14)29(22,25)26/h4-10H,3H2,1-2H3,(H,23,24)(H2,22,25,26)/b13-8+. The maximum absolute atomic E-state index is 12.4. The van der Waals surface area contributed by atoms with E-state index in [-0.39, 0.29) is 10.5 Å². The van der Waals surface area contributed by atoms with E-state index in [1.165, 1.54) is 37.5 Å². The van der Waals surface area contributed by atoms with Crippen molar-refractivity contribution in [2.45, 2.75) is 11.8 Å². The summed E-state index contributed by atoms with van der Waals surface area (Å²) in [6.45, 7) is 2.29. The van der Waals surface area contributed by atoms with Crippen LogP contribution in [-0.2, 0) is 14.8 Å². The van der Waals surface area contributed by atoms with Crippen LogP contribution in [-0.4, -0.2) is 28.0 Å². The zero-order valence-electron chi connectivity index (χ0n) is 15.6. The highest BCUT2D eigenvalue weighted by Crippen LogP contribution is 2.37. The first-order valence-corrected chi connectivity index (χ1v) is 10.6. The van der Waals surface area contributed by atoms with Crippen molar-refractivity contribution in [1.82, 2.24) is 0 Å². The van der Waals surface area contributed by atoms with Crippen molar-refractivity contribution in [1.29, 1.82) is 5.26 Å². The number of halogens is 1. The molecule has 0 unspecified atom stereocenters. The molecule has 8 nitrogen and oxygen atoms in total. The van der Waals surface area contributed by atoms with Crippen LogP contribution >= 0.6 is 15.9 Å². The summed E-state index contributed by atoms with van der Waals surface area (Å²) in [6.07, 6.45) is 1.40. The monoisotopic (exact) mass is 479 g/mol. The molecule has 0 aliphatic rings. The van der Waals surface area contributed by atoms with Gasteiger partial charge in [-0.1, -0.05) is 0 Å². The highest BCUT2D eigenvalue weighted by atomic mass is 79.9. The van der Waals surface area contributed by atoms with E-state index in [1.807, 2.05) is 13.0 Å². The molecule has 0 aromatic heterocycles. The number of ether oxygens (including phenoxy) is 2. The number of sulfonamides is 1. The average molecular weight is 480 g/mol. The molecule has 2 aromatic carbocycles. The van der Waals surface area contributed by atoms with E-state index >= 15 is 0 Å². The van der Waals surface area contributed by atoms with Crippen LogP contribution in [0.2, 0.25) is 0 Å². The Kier molecular flexibility index (Phi) is 7.39. The van der Waals surface area contributed by atoms with E-state index in [9.17, 15) is 18.5 Å². The summed E-state index contributed by atoms with van der Waals surface area (Å²) < 4.78 is 34.0. The number of rotatable bonds is 7. The predicted molar refractivity (Wildman–Crippen MR) is 112 cm³/mol. The number of carbonyl (C=O) groups excluding carboxylic acids is 1. The molecule has 0 saturated carbocycles. The number of nitrogens with zero attached hydrogens (tertiary/aromatic N) is 1. The van der Waals surface area contributed by atoms with Gasteiger partial charge in [0.15, 0.2) is 11.5 Å². The molecule has 0 radical (unpaired) electrons. The topological polar surface area (TPSA) is 132 Å². The molecule has 152 valence electrons. The lowest BCUT2D eigenvalue weighted by Crippen LogP contribution is -2.14. The number of nitriles is 1. The van der Waals surface area contributed by atoms with Crippen LogP contribution in [0.3, 0.4) is 0 Å². The van der Waals surface area contributed by atoms with Crippen molar-refractivity contribution in [3.8, 4) is 17.6 Å². The number of anilines is 1. The van der Waals surface area contributed by atoms with Gasteiger partial charge in [0.05, 0.1) is 23.1 Å². The number of primary sulfonamides is 1. The van der Waals surface area contributed by atoms with Crippen molar-refractivity contribution in [3.63, 3.8) is 0 Å². The van der Waals surface area contributed by atoms with Gasteiger partial charge in [0.25, 0.3) is 5.91 Å². The molecule has 2 rings (SSSR count). The molecule has 0 atom stereocenters. The lowest BCUT2D eigenvalue weighted by molar-refractivity contribution is -0.112. The number of nitrogens with two attached hydrogens (primary N) is 1. The van der Waals surface area contributed by atoms with Gasteiger partial charge in [-0.3, -0.25) is 4.79 Å². The summed E-state index contributed by atoms with van der Waals surface area (Å²) in [5, 5.41) is 17.0. The number of carbonyl (C=O) groups is 1. The average Bonchev–Trinajstić information content (AvgIpc) is 2.67. The van der Waals surface area contributed by atoms with E-state index in [4.69, 9.17) is 14.6 Å². The SMILES string of the molecule is CCOc1c(Br)cc(/C=C(\C#N)C(=O)Nc2ccc(S(N)(=O)=O)cc2)cc1OC. The quantitative estimate of drug-likeness (QED) is 0.463. The molecule has 0 saturated heterocycles. The van der Waals surface area contributed by atoms with Crippen molar-refractivity contribution in [2.24, 2.45) is 5.14 Å². The van der Waals surface area contributed by atoms with E-state index in [0.29, 0.717) is 33.8 Å². The normalized spacial score (nSPS) is 11.5. The second-order valence-corrected chi connectivity index (χ2v) is 8.08. The van der Waals surface area contributed by atoms with Gasteiger partial charge >= 0.3 is 0 Å². The fraction of sp³-hybridized carbons (Fsp3) is 0.158. The van der Waals surface area contributed by atoms with Gasteiger partial charge in [0.2, 0.25) is 10.0 Å². The molecule has 0 fully saturated rings. The Labute approximate surface area is 177 Å². The molecule has 0 heterocycles. The molecule has 3 N–H and O–H groups in total. The number of methoxy groups -OCH3 is 1. The number of nitrogens with one attached hydrogen (secondary N) is 1. The fourth-order valence-electron chi connectivity index (χ4n) is 2.35. The van der Waals surface area contributed by atoms with Crippen LogP contribution in [0.1, 0.15) is 12.5 Å². The third-order valence-corrected chi connectivity index (χ3v) is 5.18. The van der Waals surface area contributed by atoms with Gasteiger partial charge < -0.3 is 14.8 Å². The van der Waals surface area contributed by atoms with Gasteiger partial charge in [-0.2, -0.15) is 5.26 Å². The molecule has 0 spiro atoms. The summed E-state index contributed by atoms with van der Waals surface area (Å²) in [5.74, 6) is 0.314. The summed E-state index contributed by atoms with van der Waals surface area (Å²) in [5.41, 5.74) is 0.709. The minimum atomic E-state index is -3.83. The summed E-state index contributed by atoms with van der Waals surface area (Å²) in [6, 6.07) is 10.5. The lowest BCUT2D eigenvalue weighted by Gasteiger charge is -2.12. The zero-order valence-corrected chi connectivity index (χ0v) is 18.0. The van der Waals surface area contributed by atoms with E-state index < -0.39 is 15.9 Å². The summed E-state index contributed by atoms with van der Waals surface area (Å²) >= 11 is 3.39. The predicted octanol–water partition coefficient (Wildman–Crippen LogP) is 3.05. The molecule has 0 aliphatic heterocycles. The molecule has 0 aliphatic carbocycles. The minimum Gasteiger partial charge on any atom is -0.493 e. The smallest absolute Gasteiger partial charge is 0.266 e. The largest absolute Gasteiger partial charge is 0.493 e. The Balaban J connectivity index is 2.28. The third kappa shape index (κ3) is 5.80. The van der Waals surface area contributed by atoms with E-state index in [2.05, 4.69) is 21.2 Å². The first kappa shape index (κ1) is 22.4. The van der Waals surface area contributed by atoms with Crippen molar-refractivity contribution in [3.05, 3.63) is 52.0 Å². The van der Waals surface area contributed by atoms with Crippen LogP contribution < -0.4 is 19.9 Å². The van der Waals surface area contributed by atoms with Crippen LogP contribution in [0.15, 0.2) is 51.3 Å². The lowest BCUT2D eigenvalue weighted by atomic mass is 10.1. The zero-order chi connectivity index (χ0) is 21.6. The Morgan fingerprint density at radius 3 is 2.48 bits per heavy atom. The van der Waals surface area contributed by atoms with Gasteiger partial charge in [0.1, 0.15) is 11.6 Å². The van der Waals surface area contributed by atoms with Crippen molar-refractivity contribution < 1.29 is 22.7 Å². The maximum atomic E-state index is 12.4. The number of hydrogen-bond acceptors (Lipinski definition) is 6. The molecular weight excluding hydrogens is 462 g/mol. The van der Waals surface area contributed by atoms with Gasteiger partial charge in [-0.05, 0) is 70.9 Å². The van der Waals surface area contributed by atoms with Crippen molar-refractivity contribution in [2.75, 3.05) is 19.0 Å². The van der Waals surface area contributed by atoms with Crippen LogP contribution in [0, 0.1) is 11.3 Å². The Hall–Kier alpha value is -2.87. The summed E-state index contributed by atoms with van der Waals surface area (Å²) in [4.78, 5) is 12.3. The van der Waals surface area contributed by atoms with Gasteiger partial charge in [0, 0.05) is 5.69 Å². The second kappa shape index (κ2) is 9.56. The number of benzene rings is 2. The van der Waals surface area contributed by atoms with Crippen LogP contribution in [0.5, 0.6) is 11.5 Å². The van der Waals surface area contributed by atoms with Crippen molar-refractivity contribution >= 4 is 43.6 Å². The molecule has 2 aromatic rings. The Bertz CT molecular complexity index is 1090. The molecule has 10 heteroatoms. The molecule has 1 amide bonds. The third-order valence-electron chi connectivity index (χ3n) is 3.66. The van der Waals surface area contributed by atoms with Gasteiger partial charge in [-0.25, -0.2) is 13.6 Å².